The van der Waals surface area contributed by atoms with Crippen LogP contribution in [0.15, 0.2) is 77.7 Å². The molecule has 34 heavy (non-hydrogen) atoms. The van der Waals surface area contributed by atoms with Gasteiger partial charge in [0.25, 0.3) is 0 Å². The number of hydrogen-bond donors (Lipinski definition) is 1. The smallest absolute Gasteiger partial charge is 0.245 e. The maximum atomic E-state index is 13.6. The van der Waals surface area contributed by atoms with Crippen molar-refractivity contribution in [1.29, 1.82) is 0 Å². The third kappa shape index (κ3) is 5.81. The minimum Gasteiger partial charge on any atom is -0.348 e. The Balaban J connectivity index is 1.57. The maximum Gasteiger partial charge on any atom is 0.245 e. The van der Waals surface area contributed by atoms with Gasteiger partial charge in [-0.25, -0.2) is 8.42 Å². The van der Waals surface area contributed by atoms with Gasteiger partial charge in [0, 0.05) is 11.6 Å². The zero-order valence-electron chi connectivity index (χ0n) is 18.6. The Bertz CT molecular complexity index is 1270. The van der Waals surface area contributed by atoms with Gasteiger partial charge in [-0.1, -0.05) is 77.8 Å². The average molecular weight is 517 g/mol. The van der Waals surface area contributed by atoms with Gasteiger partial charge in [-0.15, -0.1) is 0 Å². The Morgan fingerprint density at radius 2 is 1.74 bits per heavy atom. The number of nitrogens with one attached hydrogen (secondary N) is 1. The van der Waals surface area contributed by atoms with Gasteiger partial charge in [-0.3, -0.25) is 4.79 Å². The lowest BCUT2D eigenvalue weighted by atomic mass is 9.88. The largest absolute Gasteiger partial charge is 0.348 e. The van der Waals surface area contributed by atoms with E-state index in [9.17, 15) is 13.2 Å². The quantitative estimate of drug-likeness (QED) is 0.434. The molecule has 0 radical (unpaired) electrons. The van der Waals surface area contributed by atoms with Crippen LogP contribution in [-0.4, -0.2) is 31.7 Å². The monoisotopic (exact) mass is 516 g/mol. The number of nitrogens with zero attached hydrogens (tertiary/aromatic N) is 1. The summed E-state index contributed by atoms with van der Waals surface area (Å²) in [5.41, 5.74) is 3.29. The molecule has 5 nitrogen and oxygen atoms in total. The second-order valence-corrected chi connectivity index (χ2v) is 11.1. The summed E-state index contributed by atoms with van der Waals surface area (Å²) >= 11 is 12.3. The second-order valence-electron chi connectivity index (χ2n) is 8.36. The van der Waals surface area contributed by atoms with Crippen LogP contribution in [-0.2, 0) is 27.7 Å². The van der Waals surface area contributed by atoms with Gasteiger partial charge in [-0.2, -0.15) is 4.31 Å². The Morgan fingerprint density at radius 1 is 1.00 bits per heavy atom. The zero-order chi connectivity index (χ0) is 24.1. The fourth-order valence-corrected chi connectivity index (χ4v) is 6.43. The molecular formula is C26H26Cl2N2O3S. The first kappa shape index (κ1) is 24.7. The summed E-state index contributed by atoms with van der Waals surface area (Å²) in [7, 11) is -4.06. The number of benzene rings is 3. The molecule has 0 fully saturated rings. The van der Waals surface area contributed by atoms with E-state index in [0.717, 1.165) is 30.4 Å². The molecule has 1 aliphatic rings. The molecule has 0 spiro atoms. The van der Waals surface area contributed by atoms with Crippen LogP contribution >= 0.6 is 23.2 Å². The van der Waals surface area contributed by atoms with Crippen molar-refractivity contribution in [2.75, 3.05) is 13.1 Å². The van der Waals surface area contributed by atoms with E-state index in [2.05, 4.69) is 11.4 Å². The molecule has 3 aromatic carbocycles. The third-order valence-electron chi connectivity index (χ3n) is 6.03. The molecule has 0 bridgehead atoms. The first-order chi connectivity index (χ1) is 16.3. The molecule has 1 amide bonds. The van der Waals surface area contributed by atoms with Gasteiger partial charge in [-0.05, 0) is 60.6 Å². The highest BCUT2D eigenvalue weighted by Crippen LogP contribution is 2.30. The van der Waals surface area contributed by atoms with E-state index in [0.29, 0.717) is 6.42 Å². The lowest BCUT2D eigenvalue weighted by Crippen LogP contribution is -2.43. The van der Waals surface area contributed by atoms with Crippen LogP contribution in [0.1, 0.15) is 35.6 Å². The number of carbonyl (C=O) groups excluding carboxylic acids is 1. The van der Waals surface area contributed by atoms with Gasteiger partial charge in [0.1, 0.15) is 4.90 Å². The summed E-state index contributed by atoms with van der Waals surface area (Å²) in [6, 6.07) is 21.8. The van der Waals surface area contributed by atoms with Gasteiger partial charge in [0.2, 0.25) is 15.9 Å². The van der Waals surface area contributed by atoms with Crippen molar-refractivity contribution < 1.29 is 13.2 Å². The van der Waals surface area contributed by atoms with Crippen LogP contribution in [0.25, 0.3) is 0 Å². The van der Waals surface area contributed by atoms with Crippen LogP contribution in [0.5, 0.6) is 0 Å². The highest BCUT2D eigenvalue weighted by molar-refractivity contribution is 7.89. The second kappa shape index (κ2) is 10.9. The third-order valence-corrected chi connectivity index (χ3v) is 8.59. The molecule has 0 saturated heterocycles. The van der Waals surface area contributed by atoms with Crippen LogP contribution in [0.3, 0.4) is 0 Å². The normalized spacial score (nSPS) is 15.7. The Morgan fingerprint density at radius 3 is 2.53 bits per heavy atom. The van der Waals surface area contributed by atoms with Crippen LogP contribution in [0, 0.1) is 0 Å². The van der Waals surface area contributed by atoms with Crippen LogP contribution in [0.2, 0.25) is 10.0 Å². The van der Waals surface area contributed by atoms with E-state index < -0.39 is 10.0 Å². The van der Waals surface area contributed by atoms with Gasteiger partial charge in [0.15, 0.2) is 0 Å². The highest BCUT2D eigenvalue weighted by atomic mass is 35.5. The van der Waals surface area contributed by atoms with E-state index in [1.807, 2.05) is 48.5 Å². The number of halogens is 2. The summed E-state index contributed by atoms with van der Waals surface area (Å²) in [6.07, 6.45) is 3.22. The van der Waals surface area contributed by atoms with Crippen molar-refractivity contribution in [2.45, 2.75) is 36.6 Å². The molecule has 3 aromatic rings. The summed E-state index contributed by atoms with van der Waals surface area (Å²) in [5, 5.41) is 3.37. The SMILES string of the molecule is O=C(CN(CCc1ccccc1)S(=O)(=O)c1cc(Cl)ccc1Cl)N[C@@H]1CCCc2ccccc21. The van der Waals surface area contributed by atoms with Crippen LogP contribution < -0.4 is 5.32 Å². The number of rotatable bonds is 8. The lowest BCUT2D eigenvalue weighted by Gasteiger charge is -2.28. The molecule has 1 aliphatic carbocycles. The summed E-state index contributed by atoms with van der Waals surface area (Å²) in [4.78, 5) is 13.0. The van der Waals surface area contributed by atoms with E-state index in [1.165, 1.54) is 28.1 Å². The highest BCUT2D eigenvalue weighted by Gasteiger charge is 2.30. The van der Waals surface area contributed by atoms with E-state index in [4.69, 9.17) is 23.2 Å². The molecule has 0 saturated carbocycles. The summed E-state index contributed by atoms with van der Waals surface area (Å²) in [5.74, 6) is -0.350. The predicted molar refractivity (Wildman–Crippen MR) is 136 cm³/mol. The summed E-state index contributed by atoms with van der Waals surface area (Å²) in [6.45, 7) is -0.180. The van der Waals surface area contributed by atoms with E-state index in [1.54, 1.807) is 0 Å². The van der Waals surface area contributed by atoms with Crippen molar-refractivity contribution in [3.8, 4) is 0 Å². The predicted octanol–water partition coefficient (Wildman–Crippen LogP) is 5.42. The Hall–Kier alpha value is -2.38. The van der Waals surface area contributed by atoms with Crippen molar-refractivity contribution in [2.24, 2.45) is 0 Å². The standard InChI is InChI=1S/C26H26Cl2N2O3S/c27-21-13-14-23(28)25(17-21)34(32,33)30(16-15-19-7-2-1-3-8-19)18-26(31)29-24-12-6-10-20-9-4-5-11-22(20)24/h1-5,7-9,11,13-14,17,24H,6,10,12,15-16,18H2,(H,29,31)/t24-/m1/s1. The van der Waals surface area contributed by atoms with E-state index >= 15 is 0 Å². The molecule has 1 N–H and O–H groups in total. The fourth-order valence-electron chi connectivity index (χ4n) is 4.30. The lowest BCUT2D eigenvalue weighted by molar-refractivity contribution is -0.122. The number of aryl methyl sites for hydroxylation is 1. The minimum atomic E-state index is -4.06. The van der Waals surface area contributed by atoms with Gasteiger partial charge < -0.3 is 5.32 Å². The topological polar surface area (TPSA) is 66.5 Å². The molecule has 4 rings (SSSR count). The summed E-state index contributed by atoms with van der Waals surface area (Å²) < 4.78 is 28.3. The molecule has 1 atom stereocenters. The molecule has 8 heteroatoms. The fraction of sp³-hybridized carbons (Fsp3) is 0.269. The Labute approximate surface area is 210 Å². The van der Waals surface area contributed by atoms with Crippen molar-refractivity contribution in [1.82, 2.24) is 9.62 Å². The number of amides is 1. The number of fused-ring (bicyclic) bond motifs is 1. The molecule has 0 aliphatic heterocycles. The number of sulfonamides is 1. The molecular weight excluding hydrogens is 491 g/mol. The molecule has 178 valence electrons. The first-order valence-electron chi connectivity index (χ1n) is 11.2. The Kier molecular flexibility index (Phi) is 7.94. The zero-order valence-corrected chi connectivity index (χ0v) is 20.9. The minimum absolute atomic E-state index is 0.0655. The first-order valence-corrected chi connectivity index (χ1v) is 13.4. The molecule has 0 unspecified atom stereocenters. The molecule has 0 aromatic heterocycles. The van der Waals surface area contributed by atoms with Gasteiger partial charge >= 0.3 is 0 Å². The van der Waals surface area contributed by atoms with Gasteiger partial charge in [0.05, 0.1) is 17.6 Å². The average Bonchev–Trinajstić information content (AvgIpc) is 2.84. The van der Waals surface area contributed by atoms with E-state index in [-0.39, 0.29) is 40.0 Å². The number of hydrogen-bond acceptors (Lipinski definition) is 3. The van der Waals surface area contributed by atoms with Crippen molar-refractivity contribution in [3.63, 3.8) is 0 Å². The van der Waals surface area contributed by atoms with Crippen molar-refractivity contribution >= 4 is 39.1 Å². The van der Waals surface area contributed by atoms with Crippen molar-refractivity contribution in [3.05, 3.63) is 99.5 Å². The number of carbonyl (C=O) groups is 1. The van der Waals surface area contributed by atoms with Crippen LogP contribution in [0.4, 0.5) is 0 Å². The maximum absolute atomic E-state index is 13.6. The molecule has 0 heterocycles.